The van der Waals surface area contributed by atoms with Gasteiger partial charge in [0, 0.05) is 42.8 Å². The van der Waals surface area contributed by atoms with Crippen LogP contribution in [0.3, 0.4) is 0 Å². The number of hydrogen-bond donors (Lipinski definition) is 6. The first-order valence-corrected chi connectivity index (χ1v) is 17.0. The molecule has 4 heterocycles. The summed E-state index contributed by atoms with van der Waals surface area (Å²) in [6.07, 6.45) is 3.67. The normalized spacial score (nSPS) is 11.4. The van der Waals surface area contributed by atoms with Gasteiger partial charge in [-0.05, 0) is 36.2 Å². The molecule has 0 aliphatic carbocycles. The molecular formula is C40H38N8O6. The summed E-state index contributed by atoms with van der Waals surface area (Å²) in [5.74, 6) is 3.75. The van der Waals surface area contributed by atoms with E-state index in [1.165, 1.54) is 6.20 Å². The number of nitrogens with zero attached hydrogens (tertiary/aromatic N) is 4. The average Bonchev–Trinajstić information content (AvgIpc) is 3.93. The number of rotatable bonds is 11. The Morgan fingerprint density at radius 3 is 1.81 bits per heavy atom. The Balaban J connectivity index is 1.01. The van der Waals surface area contributed by atoms with Crippen LogP contribution in [0, 0.1) is 6.92 Å². The molecule has 0 fully saturated rings. The van der Waals surface area contributed by atoms with Crippen LogP contribution in [0.4, 0.5) is 11.6 Å². The Bertz CT molecular complexity index is 2660. The maximum atomic E-state index is 11.0. The van der Waals surface area contributed by atoms with Gasteiger partial charge >= 0.3 is 0 Å². The van der Waals surface area contributed by atoms with E-state index in [-0.39, 0.29) is 11.5 Å². The number of anilines is 2. The van der Waals surface area contributed by atoms with Gasteiger partial charge in [-0.1, -0.05) is 18.2 Å². The average molecular weight is 727 g/mol. The molecule has 0 bridgehead atoms. The largest absolute Gasteiger partial charge is 0.505 e. The third-order valence-corrected chi connectivity index (χ3v) is 9.43. The second kappa shape index (κ2) is 13.4. The maximum absolute atomic E-state index is 11.0. The van der Waals surface area contributed by atoms with Gasteiger partial charge in [0.1, 0.15) is 68.9 Å². The summed E-state index contributed by atoms with van der Waals surface area (Å²) >= 11 is 0. The van der Waals surface area contributed by atoms with Crippen molar-refractivity contribution in [3.05, 3.63) is 96.3 Å². The predicted molar refractivity (Wildman–Crippen MR) is 207 cm³/mol. The van der Waals surface area contributed by atoms with E-state index in [0.717, 1.165) is 27.7 Å². The number of fused-ring (bicyclic) bond motifs is 2. The predicted octanol–water partition coefficient (Wildman–Crippen LogP) is 6.89. The van der Waals surface area contributed by atoms with Crippen molar-refractivity contribution in [1.82, 2.24) is 29.1 Å². The second-order valence-electron chi connectivity index (χ2n) is 12.8. The number of aromatic nitrogens is 6. The molecule has 0 saturated heterocycles. The lowest BCUT2D eigenvalue weighted by Gasteiger charge is -2.13. The molecule has 0 radical (unpaired) electrons. The Morgan fingerprint density at radius 1 is 0.667 bits per heavy atom. The highest BCUT2D eigenvalue weighted by Crippen LogP contribution is 2.40. The Morgan fingerprint density at radius 2 is 1.22 bits per heavy atom. The molecule has 54 heavy (non-hydrogen) atoms. The fourth-order valence-corrected chi connectivity index (χ4v) is 6.67. The molecule has 0 amide bonds. The molecule has 14 nitrogen and oxygen atoms in total. The van der Waals surface area contributed by atoms with E-state index < -0.39 is 0 Å². The zero-order chi connectivity index (χ0) is 37.7. The molecule has 274 valence electrons. The number of H-pyrrole nitrogens is 2. The van der Waals surface area contributed by atoms with Crippen LogP contribution in [0.1, 0.15) is 11.1 Å². The zero-order valence-corrected chi connectivity index (χ0v) is 30.0. The minimum atomic E-state index is -0.0302. The number of aryl methyl sites for hydroxylation is 1. The number of methoxy groups -OCH3 is 3. The highest BCUT2D eigenvalue weighted by Gasteiger charge is 2.22. The van der Waals surface area contributed by atoms with Crippen LogP contribution in [-0.2, 0) is 6.42 Å². The number of benzene rings is 4. The van der Waals surface area contributed by atoms with Crippen molar-refractivity contribution in [2.75, 3.05) is 39.4 Å². The summed E-state index contributed by atoms with van der Waals surface area (Å²) in [6, 6.07) is 22.5. The number of hydrogen-bond acceptors (Lipinski definition) is 10. The minimum Gasteiger partial charge on any atom is -0.505 e. The van der Waals surface area contributed by atoms with Crippen LogP contribution in [0.25, 0.3) is 56.2 Å². The third kappa shape index (κ3) is 5.98. The molecule has 8 N–H and O–H groups in total. The van der Waals surface area contributed by atoms with Gasteiger partial charge in [0.2, 0.25) is 0 Å². The van der Waals surface area contributed by atoms with Crippen molar-refractivity contribution >= 4 is 33.7 Å². The van der Waals surface area contributed by atoms with Gasteiger partial charge < -0.3 is 50.6 Å². The van der Waals surface area contributed by atoms with Gasteiger partial charge in [0.05, 0.1) is 73.8 Å². The first-order valence-electron chi connectivity index (χ1n) is 17.0. The van der Waals surface area contributed by atoms with E-state index >= 15 is 0 Å². The summed E-state index contributed by atoms with van der Waals surface area (Å²) in [5.41, 5.74) is 20.4. The first kappa shape index (κ1) is 33.9. The summed E-state index contributed by atoms with van der Waals surface area (Å²) < 4.78 is 25.9. The van der Waals surface area contributed by atoms with Crippen molar-refractivity contribution in [3.8, 4) is 68.6 Å². The van der Waals surface area contributed by atoms with Crippen LogP contribution < -0.4 is 30.4 Å². The highest BCUT2D eigenvalue weighted by atomic mass is 16.5. The molecule has 4 aromatic heterocycles. The first-order chi connectivity index (χ1) is 26.1. The van der Waals surface area contributed by atoms with E-state index in [1.807, 2.05) is 55.5 Å². The molecule has 0 aliphatic rings. The standard InChI is InChI=1S/C40H38N8O6/c1-21-6-5-7-30-36(21)46-40(44-30)35-33(50)20-48(38(35)42)24-15-27(53-4)18-28(16-24)54-11-10-22-8-9-29-31(12-22)45-39(43-29)34-32(49)19-47(37(34)41)23-13-25(51-2)17-26(14-23)52-3/h5-9,12-20,49-50H,10-11,41-42H2,1-4H3,(H,43,45)(H,44,46). The molecule has 14 heteroatoms. The smallest absolute Gasteiger partial charge is 0.146 e. The molecule has 4 aromatic carbocycles. The third-order valence-electron chi connectivity index (χ3n) is 9.43. The molecular weight excluding hydrogens is 688 g/mol. The van der Waals surface area contributed by atoms with E-state index in [9.17, 15) is 10.2 Å². The number of imidazole rings is 2. The van der Waals surface area contributed by atoms with Gasteiger partial charge in [-0.3, -0.25) is 9.13 Å². The fourth-order valence-electron chi connectivity index (χ4n) is 6.67. The van der Waals surface area contributed by atoms with Crippen molar-refractivity contribution in [2.24, 2.45) is 0 Å². The molecule has 8 rings (SSSR count). The van der Waals surface area contributed by atoms with Gasteiger partial charge in [-0.15, -0.1) is 0 Å². The van der Waals surface area contributed by atoms with Crippen LogP contribution >= 0.6 is 0 Å². The second-order valence-corrected chi connectivity index (χ2v) is 12.8. The van der Waals surface area contributed by atoms with Crippen molar-refractivity contribution in [2.45, 2.75) is 13.3 Å². The van der Waals surface area contributed by atoms with Crippen molar-refractivity contribution in [3.63, 3.8) is 0 Å². The van der Waals surface area contributed by atoms with Crippen LogP contribution in [0.5, 0.6) is 34.5 Å². The molecule has 8 aromatic rings. The zero-order valence-electron chi connectivity index (χ0n) is 30.0. The summed E-state index contributed by atoms with van der Waals surface area (Å²) in [7, 11) is 4.71. The van der Waals surface area contributed by atoms with Gasteiger partial charge in [-0.25, -0.2) is 9.97 Å². The number of para-hydroxylation sites is 1. The summed E-state index contributed by atoms with van der Waals surface area (Å²) in [6.45, 7) is 2.34. The minimum absolute atomic E-state index is 0.0140. The lowest BCUT2D eigenvalue weighted by Crippen LogP contribution is -2.04. The summed E-state index contributed by atoms with van der Waals surface area (Å²) in [5, 5.41) is 21.9. The van der Waals surface area contributed by atoms with Crippen LogP contribution in [0.2, 0.25) is 0 Å². The van der Waals surface area contributed by atoms with E-state index in [1.54, 1.807) is 60.9 Å². The highest BCUT2D eigenvalue weighted by molar-refractivity contribution is 5.87. The number of nitrogens with one attached hydrogen (secondary N) is 2. The number of ether oxygens (including phenoxy) is 4. The summed E-state index contributed by atoms with van der Waals surface area (Å²) in [4.78, 5) is 16.0. The van der Waals surface area contributed by atoms with Crippen molar-refractivity contribution in [1.29, 1.82) is 0 Å². The molecule has 0 unspecified atom stereocenters. The quantitative estimate of drug-likeness (QED) is 0.0817. The van der Waals surface area contributed by atoms with E-state index in [0.29, 0.717) is 87.3 Å². The Labute approximate surface area is 309 Å². The van der Waals surface area contributed by atoms with Gasteiger partial charge in [0.15, 0.2) is 0 Å². The van der Waals surface area contributed by atoms with Crippen LogP contribution in [-0.4, -0.2) is 67.2 Å². The Kier molecular flexibility index (Phi) is 8.41. The molecule has 0 saturated carbocycles. The van der Waals surface area contributed by atoms with Gasteiger partial charge in [-0.2, -0.15) is 0 Å². The molecule has 0 atom stereocenters. The van der Waals surface area contributed by atoms with E-state index in [4.69, 9.17) is 40.4 Å². The number of aromatic amines is 2. The maximum Gasteiger partial charge on any atom is 0.146 e. The Hall–Kier alpha value is -7.22. The molecule has 0 spiro atoms. The lowest BCUT2D eigenvalue weighted by molar-refractivity contribution is 0.319. The van der Waals surface area contributed by atoms with Crippen LogP contribution in [0.15, 0.2) is 85.2 Å². The fraction of sp³-hybridized carbons (Fsp3) is 0.150. The number of nitrogen functional groups attached to an aromatic ring is 2. The number of aromatic hydroxyl groups is 2. The SMILES string of the molecule is COc1cc(OC)cc(-n2cc(O)c(-c3nc4ccc(CCOc5cc(OC)cc(-n6cc(O)c(-c7nc8c(C)cccc8[nH]7)c6N)c5)cc4[nH]3)c2N)c1. The van der Waals surface area contributed by atoms with Gasteiger partial charge in [0.25, 0.3) is 0 Å². The topological polar surface area (TPSA) is 197 Å². The monoisotopic (exact) mass is 726 g/mol. The molecule has 0 aliphatic heterocycles. The number of nitrogens with two attached hydrogens (primary N) is 2. The van der Waals surface area contributed by atoms with Crippen molar-refractivity contribution < 1.29 is 29.2 Å². The van der Waals surface area contributed by atoms with E-state index in [2.05, 4.69) is 9.97 Å². The lowest BCUT2D eigenvalue weighted by atomic mass is 10.1.